The summed E-state index contributed by atoms with van der Waals surface area (Å²) in [5, 5.41) is 6.30. The molecule has 0 spiro atoms. The van der Waals surface area contributed by atoms with Crippen LogP contribution in [0.2, 0.25) is 0 Å². The molecule has 0 saturated heterocycles. The van der Waals surface area contributed by atoms with E-state index in [1.165, 1.54) is 13.3 Å². The third-order valence-corrected chi connectivity index (χ3v) is 2.87. The first kappa shape index (κ1) is 16.2. The van der Waals surface area contributed by atoms with Crippen molar-refractivity contribution in [2.75, 3.05) is 13.7 Å². The number of amides is 2. The van der Waals surface area contributed by atoms with Crippen molar-refractivity contribution in [3.63, 3.8) is 0 Å². The number of aromatic nitrogens is 1. The number of pyridine rings is 1. The van der Waals surface area contributed by atoms with E-state index in [4.69, 9.17) is 4.74 Å². The number of carbonyl (C=O) groups is 2. The van der Waals surface area contributed by atoms with Gasteiger partial charge in [-0.3, -0.25) is 14.6 Å². The first-order chi connectivity index (χ1) is 11.2. The summed E-state index contributed by atoms with van der Waals surface area (Å²) in [5.41, 5.74) is 3.50. The van der Waals surface area contributed by atoms with Crippen molar-refractivity contribution in [1.29, 1.82) is 0 Å². The Morgan fingerprint density at radius 3 is 2.70 bits per heavy atom. The summed E-state index contributed by atoms with van der Waals surface area (Å²) >= 11 is 0. The van der Waals surface area contributed by atoms with Crippen LogP contribution in [0.5, 0.6) is 5.75 Å². The first-order valence-corrected chi connectivity index (χ1v) is 6.84. The van der Waals surface area contributed by atoms with E-state index < -0.39 is 11.8 Å². The number of benzene rings is 1. The number of hydrazone groups is 1. The van der Waals surface area contributed by atoms with E-state index in [0.29, 0.717) is 11.3 Å². The van der Waals surface area contributed by atoms with E-state index in [2.05, 4.69) is 20.8 Å². The second kappa shape index (κ2) is 8.28. The monoisotopic (exact) mass is 312 g/mol. The topological polar surface area (TPSA) is 92.7 Å². The second-order valence-corrected chi connectivity index (χ2v) is 4.46. The van der Waals surface area contributed by atoms with Crippen molar-refractivity contribution in [2.45, 2.75) is 0 Å². The zero-order chi connectivity index (χ0) is 16.5. The normalized spacial score (nSPS) is 10.3. The van der Waals surface area contributed by atoms with E-state index >= 15 is 0 Å². The molecular formula is C16H16N4O3. The molecule has 7 nitrogen and oxygen atoms in total. The molecule has 0 unspecified atom stereocenters. The summed E-state index contributed by atoms with van der Waals surface area (Å²) in [6.45, 7) is -0.190. The molecule has 0 bridgehead atoms. The Hall–Kier alpha value is -3.22. The zero-order valence-electron chi connectivity index (χ0n) is 12.5. The standard InChI is InChI=1S/C16H16N4O3/c1-23-14-5-3-2-4-13(14)16(22)18-11-15(21)20-19-10-12-6-8-17-9-7-12/h2-10H,11H2,1H3,(H,18,22)(H,20,21)/b19-10-. The Labute approximate surface area is 133 Å². The Kier molecular flexibility index (Phi) is 5.81. The van der Waals surface area contributed by atoms with Crippen LogP contribution in [0.1, 0.15) is 15.9 Å². The van der Waals surface area contributed by atoms with Crippen LogP contribution >= 0.6 is 0 Å². The summed E-state index contributed by atoms with van der Waals surface area (Å²) < 4.78 is 5.10. The molecule has 2 aromatic rings. The SMILES string of the molecule is COc1ccccc1C(=O)NCC(=O)N/N=C\c1ccncc1. The zero-order valence-corrected chi connectivity index (χ0v) is 12.5. The van der Waals surface area contributed by atoms with Gasteiger partial charge in [-0.05, 0) is 29.8 Å². The number of nitrogens with zero attached hydrogens (tertiary/aromatic N) is 2. The molecule has 0 aliphatic rings. The minimum atomic E-state index is -0.432. The minimum absolute atomic E-state index is 0.190. The third kappa shape index (κ3) is 4.92. The third-order valence-electron chi connectivity index (χ3n) is 2.87. The van der Waals surface area contributed by atoms with Crippen molar-refractivity contribution >= 4 is 18.0 Å². The summed E-state index contributed by atoms with van der Waals surface area (Å²) in [5.74, 6) is -0.379. The molecule has 0 atom stereocenters. The molecule has 1 aromatic heterocycles. The summed E-state index contributed by atoms with van der Waals surface area (Å²) in [4.78, 5) is 27.5. The molecule has 0 saturated carbocycles. The molecule has 118 valence electrons. The maximum atomic E-state index is 12.0. The average Bonchev–Trinajstić information content (AvgIpc) is 2.60. The van der Waals surface area contributed by atoms with Gasteiger partial charge in [0.05, 0.1) is 25.4 Å². The molecule has 7 heteroatoms. The van der Waals surface area contributed by atoms with Gasteiger partial charge >= 0.3 is 0 Å². The van der Waals surface area contributed by atoms with Gasteiger partial charge in [0.15, 0.2) is 0 Å². The number of hydrogen-bond acceptors (Lipinski definition) is 5. The lowest BCUT2D eigenvalue weighted by Gasteiger charge is -2.08. The Morgan fingerprint density at radius 2 is 1.96 bits per heavy atom. The summed E-state index contributed by atoms with van der Waals surface area (Å²) in [7, 11) is 1.48. The molecular weight excluding hydrogens is 296 g/mol. The van der Waals surface area contributed by atoms with Gasteiger partial charge in [0.2, 0.25) is 0 Å². The molecule has 23 heavy (non-hydrogen) atoms. The van der Waals surface area contributed by atoms with Crippen LogP contribution in [0.15, 0.2) is 53.9 Å². The van der Waals surface area contributed by atoms with Crippen LogP contribution in [0.4, 0.5) is 0 Å². The van der Waals surface area contributed by atoms with E-state index in [9.17, 15) is 9.59 Å². The van der Waals surface area contributed by atoms with Gasteiger partial charge in [0.25, 0.3) is 11.8 Å². The molecule has 2 rings (SSSR count). The molecule has 1 heterocycles. The van der Waals surface area contributed by atoms with Crippen molar-refractivity contribution in [3.05, 3.63) is 59.9 Å². The maximum absolute atomic E-state index is 12.0. The Balaban J connectivity index is 1.82. The van der Waals surface area contributed by atoms with Crippen LogP contribution in [-0.4, -0.2) is 36.7 Å². The predicted molar refractivity (Wildman–Crippen MR) is 85.3 cm³/mol. The number of ether oxygens (including phenoxy) is 1. The fourth-order valence-corrected chi connectivity index (χ4v) is 1.76. The number of methoxy groups -OCH3 is 1. The molecule has 0 aliphatic heterocycles. The average molecular weight is 312 g/mol. The van der Waals surface area contributed by atoms with Crippen molar-refractivity contribution < 1.29 is 14.3 Å². The molecule has 0 radical (unpaired) electrons. The van der Waals surface area contributed by atoms with E-state index in [1.54, 1.807) is 48.8 Å². The lowest BCUT2D eigenvalue weighted by atomic mass is 10.2. The predicted octanol–water partition coefficient (Wildman–Crippen LogP) is 0.970. The number of rotatable bonds is 6. The van der Waals surface area contributed by atoms with E-state index in [1.807, 2.05) is 0 Å². The highest BCUT2D eigenvalue weighted by molar-refractivity contribution is 5.98. The van der Waals surface area contributed by atoms with Gasteiger partial charge in [-0.25, -0.2) is 5.43 Å². The lowest BCUT2D eigenvalue weighted by Crippen LogP contribution is -2.35. The molecule has 0 aliphatic carbocycles. The van der Waals surface area contributed by atoms with Crippen LogP contribution in [0, 0.1) is 0 Å². The molecule has 0 fully saturated rings. The largest absolute Gasteiger partial charge is 0.496 e. The summed E-state index contributed by atoms with van der Waals surface area (Å²) in [6.07, 6.45) is 4.73. The number of para-hydroxylation sites is 1. The Morgan fingerprint density at radius 1 is 1.22 bits per heavy atom. The number of carbonyl (C=O) groups excluding carboxylic acids is 2. The lowest BCUT2D eigenvalue weighted by molar-refractivity contribution is -0.120. The smallest absolute Gasteiger partial charge is 0.259 e. The molecule has 2 amide bonds. The highest BCUT2D eigenvalue weighted by Crippen LogP contribution is 2.16. The van der Waals surface area contributed by atoms with Gasteiger partial charge < -0.3 is 10.1 Å². The fraction of sp³-hybridized carbons (Fsp3) is 0.125. The van der Waals surface area contributed by atoms with Gasteiger partial charge in [-0.15, -0.1) is 0 Å². The second-order valence-electron chi connectivity index (χ2n) is 4.46. The van der Waals surface area contributed by atoms with E-state index in [-0.39, 0.29) is 6.54 Å². The van der Waals surface area contributed by atoms with Crippen LogP contribution in [-0.2, 0) is 4.79 Å². The van der Waals surface area contributed by atoms with Crippen molar-refractivity contribution in [3.8, 4) is 5.75 Å². The van der Waals surface area contributed by atoms with Gasteiger partial charge in [0, 0.05) is 12.4 Å². The highest BCUT2D eigenvalue weighted by Gasteiger charge is 2.12. The number of hydrogen-bond donors (Lipinski definition) is 2. The molecule has 2 N–H and O–H groups in total. The van der Waals surface area contributed by atoms with Crippen LogP contribution < -0.4 is 15.5 Å². The fourth-order valence-electron chi connectivity index (χ4n) is 1.76. The first-order valence-electron chi connectivity index (χ1n) is 6.84. The van der Waals surface area contributed by atoms with Crippen molar-refractivity contribution in [1.82, 2.24) is 15.7 Å². The van der Waals surface area contributed by atoms with Crippen LogP contribution in [0.3, 0.4) is 0 Å². The quantitative estimate of drug-likeness (QED) is 0.614. The van der Waals surface area contributed by atoms with Gasteiger partial charge in [-0.1, -0.05) is 12.1 Å². The van der Waals surface area contributed by atoms with Crippen LogP contribution in [0.25, 0.3) is 0 Å². The maximum Gasteiger partial charge on any atom is 0.259 e. The van der Waals surface area contributed by atoms with Gasteiger partial charge in [0.1, 0.15) is 5.75 Å². The minimum Gasteiger partial charge on any atom is -0.496 e. The molecule has 1 aromatic carbocycles. The van der Waals surface area contributed by atoms with Gasteiger partial charge in [-0.2, -0.15) is 5.10 Å². The van der Waals surface area contributed by atoms with Crippen molar-refractivity contribution in [2.24, 2.45) is 5.10 Å². The summed E-state index contributed by atoms with van der Waals surface area (Å²) in [6, 6.07) is 10.3. The number of nitrogens with one attached hydrogen (secondary N) is 2. The van der Waals surface area contributed by atoms with E-state index in [0.717, 1.165) is 5.56 Å². The highest BCUT2D eigenvalue weighted by atomic mass is 16.5. The Bertz CT molecular complexity index is 701.